The number of fused-ring (bicyclic) bond motifs is 1. The lowest BCUT2D eigenvalue weighted by molar-refractivity contribution is -0.127. The minimum absolute atomic E-state index is 0.0772. The Balaban J connectivity index is 1.41. The van der Waals surface area contributed by atoms with Gasteiger partial charge in [-0.1, -0.05) is 61.5 Å². The number of ether oxygens (including phenoxy) is 2. The van der Waals surface area contributed by atoms with Gasteiger partial charge in [-0.15, -0.1) is 0 Å². The number of benzene rings is 3. The van der Waals surface area contributed by atoms with Crippen molar-refractivity contribution in [2.45, 2.75) is 58.2 Å². The SMILES string of the molecule is CC1(C)OC(=O)c2ccc(N(CCCC3CCCC3)C(=O)c3ccc(-c4ccc(Cl)cc4)cc3)cc2O1. The van der Waals surface area contributed by atoms with Crippen molar-refractivity contribution in [3.63, 3.8) is 0 Å². The molecule has 1 amide bonds. The third-order valence-electron chi connectivity index (χ3n) is 7.21. The summed E-state index contributed by atoms with van der Waals surface area (Å²) in [5.74, 6) is -0.373. The van der Waals surface area contributed by atoms with Crippen LogP contribution in [-0.2, 0) is 4.74 Å². The summed E-state index contributed by atoms with van der Waals surface area (Å²) in [7, 11) is 0. The fraction of sp³-hybridized carbons (Fsp3) is 0.355. The number of hydrogen-bond acceptors (Lipinski definition) is 4. The van der Waals surface area contributed by atoms with E-state index in [2.05, 4.69) is 0 Å². The first-order valence-corrected chi connectivity index (χ1v) is 13.4. The first-order chi connectivity index (χ1) is 17.8. The molecule has 3 aromatic carbocycles. The summed E-state index contributed by atoms with van der Waals surface area (Å²) in [5.41, 5.74) is 3.75. The third kappa shape index (κ3) is 5.83. The highest BCUT2D eigenvalue weighted by molar-refractivity contribution is 6.30. The molecular formula is C31H32ClNO4. The van der Waals surface area contributed by atoms with Crippen molar-refractivity contribution < 1.29 is 19.1 Å². The molecule has 0 aromatic heterocycles. The van der Waals surface area contributed by atoms with Crippen LogP contribution < -0.4 is 9.64 Å². The van der Waals surface area contributed by atoms with Gasteiger partial charge < -0.3 is 14.4 Å². The van der Waals surface area contributed by atoms with Gasteiger partial charge in [0, 0.05) is 42.7 Å². The highest BCUT2D eigenvalue weighted by Gasteiger charge is 2.34. The lowest BCUT2D eigenvalue weighted by Gasteiger charge is -2.32. The van der Waals surface area contributed by atoms with Crippen molar-refractivity contribution in [2.24, 2.45) is 5.92 Å². The predicted molar refractivity (Wildman–Crippen MR) is 146 cm³/mol. The number of carbonyl (C=O) groups excluding carboxylic acids is 2. The van der Waals surface area contributed by atoms with Gasteiger partial charge in [-0.2, -0.15) is 0 Å². The summed E-state index contributed by atoms with van der Waals surface area (Å²) < 4.78 is 11.3. The quantitative estimate of drug-likeness (QED) is 0.299. The Bertz CT molecular complexity index is 1280. The van der Waals surface area contributed by atoms with Crippen molar-refractivity contribution in [1.29, 1.82) is 0 Å². The number of nitrogens with zero attached hydrogens (tertiary/aromatic N) is 1. The number of hydrogen-bond donors (Lipinski definition) is 0. The number of rotatable bonds is 7. The molecule has 0 radical (unpaired) electrons. The Hall–Kier alpha value is -3.31. The molecule has 6 heteroatoms. The number of anilines is 1. The Labute approximate surface area is 223 Å². The van der Waals surface area contributed by atoms with E-state index in [9.17, 15) is 9.59 Å². The monoisotopic (exact) mass is 517 g/mol. The standard InChI is InChI=1S/C31H32ClNO4/c1-31(2)36-28-20-26(17-18-27(28)30(35)37-31)33(19-5-8-21-6-3-4-7-21)29(34)24-11-9-22(10-12-24)23-13-15-25(32)16-14-23/h9-18,20-21H,3-8,19H2,1-2H3. The minimum atomic E-state index is -1.06. The van der Waals surface area contributed by atoms with Crippen LogP contribution in [0, 0.1) is 5.92 Å². The fourth-order valence-electron chi connectivity index (χ4n) is 5.28. The van der Waals surface area contributed by atoms with E-state index in [0.29, 0.717) is 34.1 Å². The van der Waals surface area contributed by atoms with Crippen LogP contribution >= 0.6 is 11.6 Å². The molecule has 3 aromatic rings. The van der Waals surface area contributed by atoms with Crippen LogP contribution in [0.2, 0.25) is 5.02 Å². The van der Waals surface area contributed by atoms with E-state index >= 15 is 0 Å². The van der Waals surface area contributed by atoms with Crippen LogP contribution in [-0.4, -0.2) is 24.2 Å². The van der Waals surface area contributed by atoms with Crippen LogP contribution in [0.3, 0.4) is 0 Å². The molecule has 0 N–H and O–H groups in total. The zero-order valence-corrected chi connectivity index (χ0v) is 22.1. The lowest BCUT2D eigenvalue weighted by atomic mass is 10.0. The maximum Gasteiger partial charge on any atom is 0.345 e. The van der Waals surface area contributed by atoms with Crippen LogP contribution in [0.25, 0.3) is 11.1 Å². The smallest absolute Gasteiger partial charge is 0.345 e. The van der Waals surface area contributed by atoms with E-state index in [-0.39, 0.29) is 5.91 Å². The van der Waals surface area contributed by atoms with Gasteiger partial charge in [0.1, 0.15) is 11.3 Å². The molecule has 0 bridgehead atoms. The van der Waals surface area contributed by atoms with Crippen molar-refractivity contribution in [3.05, 3.63) is 82.9 Å². The molecule has 1 fully saturated rings. The average Bonchev–Trinajstić information content (AvgIpc) is 3.39. The van der Waals surface area contributed by atoms with Gasteiger partial charge in [0.2, 0.25) is 5.79 Å². The fourth-order valence-corrected chi connectivity index (χ4v) is 5.41. The molecule has 1 aliphatic heterocycles. The van der Waals surface area contributed by atoms with Crippen molar-refractivity contribution >= 4 is 29.2 Å². The molecule has 37 heavy (non-hydrogen) atoms. The normalized spacial score (nSPS) is 16.6. The van der Waals surface area contributed by atoms with Gasteiger partial charge in [-0.05, 0) is 66.3 Å². The molecule has 5 rings (SSSR count). The Kier molecular flexibility index (Phi) is 7.25. The zero-order chi connectivity index (χ0) is 26.0. The first-order valence-electron chi connectivity index (χ1n) is 13.0. The average molecular weight is 518 g/mol. The van der Waals surface area contributed by atoms with E-state index in [1.165, 1.54) is 25.7 Å². The Morgan fingerprint density at radius 2 is 1.59 bits per heavy atom. The van der Waals surface area contributed by atoms with E-state index in [0.717, 1.165) is 29.9 Å². The van der Waals surface area contributed by atoms with Gasteiger partial charge in [0.05, 0.1) is 0 Å². The number of amides is 1. The summed E-state index contributed by atoms with van der Waals surface area (Å²) in [5, 5.41) is 0.689. The van der Waals surface area contributed by atoms with Crippen molar-refractivity contribution in [3.8, 4) is 16.9 Å². The highest BCUT2D eigenvalue weighted by atomic mass is 35.5. The third-order valence-corrected chi connectivity index (χ3v) is 7.47. The predicted octanol–water partition coefficient (Wildman–Crippen LogP) is 7.91. The Morgan fingerprint density at radius 1 is 0.946 bits per heavy atom. The molecular weight excluding hydrogens is 486 g/mol. The van der Waals surface area contributed by atoms with Gasteiger partial charge >= 0.3 is 5.97 Å². The van der Waals surface area contributed by atoms with Gasteiger partial charge in [-0.25, -0.2) is 4.79 Å². The largest absolute Gasteiger partial charge is 0.452 e. The number of carbonyl (C=O) groups is 2. The zero-order valence-electron chi connectivity index (χ0n) is 21.3. The molecule has 1 saturated carbocycles. The molecule has 1 heterocycles. The van der Waals surface area contributed by atoms with E-state index < -0.39 is 11.8 Å². The van der Waals surface area contributed by atoms with Crippen molar-refractivity contribution in [1.82, 2.24) is 0 Å². The van der Waals surface area contributed by atoms with Crippen LogP contribution in [0.15, 0.2) is 66.7 Å². The maximum atomic E-state index is 13.8. The van der Waals surface area contributed by atoms with Crippen LogP contribution in [0.4, 0.5) is 5.69 Å². The summed E-state index contributed by atoms with van der Waals surface area (Å²) in [6, 6.07) is 20.6. The summed E-state index contributed by atoms with van der Waals surface area (Å²) in [6.45, 7) is 4.00. The topological polar surface area (TPSA) is 55.8 Å². The van der Waals surface area contributed by atoms with E-state index in [1.54, 1.807) is 32.0 Å². The molecule has 5 nitrogen and oxygen atoms in total. The molecule has 1 aliphatic carbocycles. The van der Waals surface area contributed by atoms with Crippen LogP contribution in [0.1, 0.15) is 73.1 Å². The number of halogens is 1. The van der Waals surface area contributed by atoms with Gasteiger partial charge in [0.15, 0.2) is 0 Å². The first kappa shape index (κ1) is 25.3. The van der Waals surface area contributed by atoms with Crippen LogP contribution in [0.5, 0.6) is 5.75 Å². The maximum absolute atomic E-state index is 13.8. The van der Waals surface area contributed by atoms with E-state index in [1.807, 2.05) is 53.4 Å². The lowest BCUT2D eigenvalue weighted by Crippen LogP contribution is -2.39. The second-order valence-corrected chi connectivity index (χ2v) is 10.8. The minimum Gasteiger partial charge on any atom is -0.452 e. The number of cyclic esters (lactones) is 1. The molecule has 0 saturated heterocycles. The second-order valence-electron chi connectivity index (χ2n) is 10.4. The Morgan fingerprint density at radius 3 is 2.27 bits per heavy atom. The van der Waals surface area contributed by atoms with E-state index in [4.69, 9.17) is 21.1 Å². The van der Waals surface area contributed by atoms with Gasteiger partial charge in [0.25, 0.3) is 5.91 Å². The molecule has 2 aliphatic rings. The van der Waals surface area contributed by atoms with Gasteiger partial charge in [-0.3, -0.25) is 4.79 Å². The summed E-state index contributed by atoms with van der Waals surface area (Å²) >= 11 is 6.03. The summed E-state index contributed by atoms with van der Waals surface area (Å²) in [4.78, 5) is 28.0. The molecule has 0 atom stereocenters. The highest BCUT2D eigenvalue weighted by Crippen LogP contribution is 2.35. The molecule has 192 valence electrons. The second kappa shape index (κ2) is 10.6. The van der Waals surface area contributed by atoms with Crippen molar-refractivity contribution in [2.75, 3.05) is 11.4 Å². The number of esters is 1. The summed E-state index contributed by atoms with van der Waals surface area (Å²) in [6.07, 6.45) is 7.21. The molecule has 0 spiro atoms. The molecule has 0 unspecified atom stereocenters.